The highest BCUT2D eigenvalue weighted by Crippen LogP contribution is 2.54. The molecule has 2 rings (SSSR count). The summed E-state index contributed by atoms with van der Waals surface area (Å²) < 4.78 is 67.4. The van der Waals surface area contributed by atoms with Crippen LogP contribution in [0.2, 0.25) is 0 Å². The van der Waals surface area contributed by atoms with Crippen molar-refractivity contribution in [3.63, 3.8) is 0 Å². The Bertz CT molecular complexity index is 908. The lowest BCUT2D eigenvalue weighted by molar-refractivity contribution is -0.143. The molecule has 10 heteroatoms. The molecule has 0 saturated carbocycles. The van der Waals surface area contributed by atoms with Gasteiger partial charge in [-0.05, 0) is 45.0 Å². The van der Waals surface area contributed by atoms with Crippen LogP contribution >= 0.6 is 7.60 Å². The minimum Gasteiger partial charge on any atom is -0.465 e. The van der Waals surface area contributed by atoms with Crippen molar-refractivity contribution >= 4 is 13.6 Å². The van der Waals surface area contributed by atoms with E-state index in [1.165, 1.54) is 12.1 Å². The Morgan fingerprint density at radius 1 is 1.00 bits per heavy atom. The van der Waals surface area contributed by atoms with Gasteiger partial charge >= 0.3 is 19.7 Å². The summed E-state index contributed by atoms with van der Waals surface area (Å²) >= 11 is 0. The molecule has 0 radical (unpaired) electrons. The Morgan fingerprint density at radius 3 is 2.13 bits per heavy atom. The minimum atomic E-state index is -4.43. The normalized spacial score (nSPS) is 13.1. The van der Waals surface area contributed by atoms with Crippen molar-refractivity contribution in [2.45, 2.75) is 39.0 Å². The van der Waals surface area contributed by atoms with Crippen molar-refractivity contribution in [2.75, 3.05) is 19.8 Å². The number of nitrogens with zero attached hydrogens (tertiary/aromatic N) is 1. The van der Waals surface area contributed by atoms with Crippen molar-refractivity contribution in [1.29, 1.82) is 0 Å². The lowest BCUT2D eigenvalue weighted by Gasteiger charge is -2.24. The second kappa shape index (κ2) is 10.9. The lowest BCUT2D eigenvalue weighted by Crippen LogP contribution is -2.28. The van der Waals surface area contributed by atoms with Gasteiger partial charge in [-0.25, -0.2) is 0 Å². The smallest absolute Gasteiger partial charge is 0.416 e. The maximum absolute atomic E-state index is 13.2. The molecule has 1 atom stereocenters. The maximum Gasteiger partial charge on any atom is 0.416 e. The van der Waals surface area contributed by atoms with E-state index < -0.39 is 31.0 Å². The Hall–Kier alpha value is -2.22. The molecule has 170 valence electrons. The number of pyridine rings is 1. The van der Waals surface area contributed by atoms with Crippen molar-refractivity contribution in [3.05, 3.63) is 53.7 Å². The molecule has 0 fully saturated rings. The molecule has 1 aromatic carbocycles. The number of esters is 1. The first-order valence-corrected chi connectivity index (χ1v) is 11.4. The van der Waals surface area contributed by atoms with Crippen LogP contribution in [0.4, 0.5) is 13.2 Å². The van der Waals surface area contributed by atoms with Gasteiger partial charge in [0, 0.05) is 17.7 Å². The fraction of sp³-hybridized carbons (Fsp3) is 0.429. The van der Waals surface area contributed by atoms with E-state index in [9.17, 15) is 22.5 Å². The van der Waals surface area contributed by atoms with Crippen LogP contribution < -0.4 is 0 Å². The Labute approximate surface area is 179 Å². The topological polar surface area (TPSA) is 74.7 Å². The van der Waals surface area contributed by atoms with Gasteiger partial charge in [0.05, 0.1) is 31.1 Å². The molecule has 0 N–H and O–H groups in total. The van der Waals surface area contributed by atoms with E-state index in [-0.39, 0.29) is 26.2 Å². The zero-order valence-electron chi connectivity index (χ0n) is 17.5. The van der Waals surface area contributed by atoms with E-state index in [0.29, 0.717) is 17.0 Å². The van der Waals surface area contributed by atoms with Gasteiger partial charge in [0.2, 0.25) is 0 Å². The summed E-state index contributed by atoms with van der Waals surface area (Å²) in [4.78, 5) is 17.0. The number of rotatable bonds is 10. The average Bonchev–Trinajstić information content (AvgIpc) is 2.72. The molecule has 0 spiro atoms. The first-order valence-electron chi connectivity index (χ1n) is 9.83. The molecular formula is C21H25F3NO5P. The first-order chi connectivity index (χ1) is 14.6. The number of hydrogen-bond donors (Lipinski definition) is 0. The van der Waals surface area contributed by atoms with Crippen LogP contribution in [0.1, 0.15) is 32.0 Å². The number of hydrogen-bond acceptors (Lipinski definition) is 6. The molecule has 0 saturated heterocycles. The fourth-order valence-corrected chi connectivity index (χ4v) is 4.82. The van der Waals surface area contributed by atoms with E-state index in [1.54, 1.807) is 39.0 Å². The zero-order valence-corrected chi connectivity index (χ0v) is 18.4. The second-order valence-electron chi connectivity index (χ2n) is 6.44. The molecule has 2 aromatic rings. The summed E-state index contributed by atoms with van der Waals surface area (Å²) in [5.41, 5.74) is -0.696. The van der Waals surface area contributed by atoms with E-state index in [2.05, 4.69) is 4.98 Å². The summed E-state index contributed by atoms with van der Waals surface area (Å²) in [6, 6.07) is 9.51. The molecule has 1 unspecified atom stereocenters. The van der Waals surface area contributed by atoms with Crippen LogP contribution in [0.25, 0.3) is 11.3 Å². The van der Waals surface area contributed by atoms with Crippen molar-refractivity contribution in [2.24, 2.45) is 0 Å². The average molecular weight is 459 g/mol. The Balaban J connectivity index is 2.36. The molecule has 31 heavy (non-hydrogen) atoms. The van der Waals surface area contributed by atoms with Crippen LogP contribution in [0, 0.1) is 0 Å². The molecule has 6 nitrogen and oxygen atoms in total. The lowest BCUT2D eigenvalue weighted by atomic mass is 10.1. The third-order valence-electron chi connectivity index (χ3n) is 4.28. The third kappa shape index (κ3) is 6.63. The summed E-state index contributed by atoms with van der Waals surface area (Å²) in [6.45, 7) is 5.14. The van der Waals surface area contributed by atoms with E-state index in [4.69, 9.17) is 13.8 Å². The standard InChI is InChI=1S/C21H25F3NO5P/c1-4-28-20(26)19(31(27,29-5-2)30-6-3)14-17-8-7-9-18(25-17)15-10-12-16(13-11-15)21(22,23)24/h7-13,19H,4-6,14H2,1-3H3. The molecule has 0 aliphatic rings. The van der Waals surface area contributed by atoms with Gasteiger partial charge in [-0.1, -0.05) is 18.2 Å². The maximum atomic E-state index is 13.2. The molecule has 1 heterocycles. The van der Waals surface area contributed by atoms with Crippen LogP contribution in [-0.2, 0) is 35.7 Å². The number of carbonyl (C=O) groups excluding carboxylic acids is 1. The van der Waals surface area contributed by atoms with Gasteiger partial charge in [-0.15, -0.1) is 0 Å². The van der Waals surface area contributed by atoms with E-state index in [0.717, 1.165) is 12.1 Å². The summed E-state index contributed by atoms with van der Waals surface area (Å²) in [7, 11) is -3.83. The van der Waals surface area contributed by atoms with Crippen LogP contribution in [-0.4, -0.2) is 36.4 Å². The van der Waals surface area contributed by atoms with Crippen LogP contribution in [0.5, 0.6) is 0 Å². The number of benzene rings is 1. The van der Waals surface area contributed by atoms with E-state index >= 15 is 0 Å². The van der Waals surface area contributed by atoms with Crippen molar-refractivity contribution in [3.8, 4) is 11.3 Å². The third-order valence-corrected chi connectivity index (χ3v) is 6.67. The van der Waals surface area contributed by atoms with Gasteiger partial charge in [0.15, 0.2) is 5.66 Å². The summed E-state index contributed by atoms with van der Waals surface area (Å²) in [5, 5.41) is 0. The van der Waals surface area contributed by atoms with Crippen LogP contribution in [0.3, 0.4) is 0 Å². The fourth-order valence-electron chi connectivity index (χ4n) is 2.92. The van der Waals surface area contributed by atoms with Crippen molar-refractivity contribution < 1.29 is 36.3 Å². The van der Waals surface area contributed by atoms with Crippen molar-refractivity contribution in [1.82, 2.24) is 4.98 Å². The van der Waals surface area contributed by atoms with Gasteiger partial charge in [-0.2, -0.15) is 13.2 Å². The molecule has 1 aromatic heterocycles. The number of alkyl halides is 3. The van der Waals surface area contributed by atoms with Gasteiger partial charge in [0.1, 0.15) is 0 Å². The highest BCUT2D eigenvalue weighted by atomic mass is 31.2. The number of halogens is 3. The molecule has 0 amide bonds. The molecule has 0 aliphatic carbocycles. The number of ether oxygens (including phenoxy) is 1. The monoisotopic (exact) mass is 459 g/mol. The molecule has 0 bridgehead atoms. The van der Waals surface area contributed by atoms with Gasteiger partial charge < -0.3 is 13.8 Å². The molecule has 0 aliphatic heterocycles. The Morgan fingerprint density at radius 2 is 1.61 bits per heavy atom. The van der Waals surface area contributed by atoms with Crippen LogP contribution in [0.15, 0.2) is 42.5 Å². The second-order valence-corrected chi connectivity index (χ2v) is 8.66. The van der Waals surface area contributed by atoms with Gasteiger partial charge in [-0.3, -0.25) is 14.3 Å². The largest absolute Gasteiger partial charge is 0.465 e. The minimum absolute atomic E-state index is 0.0756. The summed E-state index contributed by atoms with van der Waals surface area (Å²) in [6.07, 6.45) is -4.51. The first kappa shape index (κ1) is 25.0. The predicted molar refractivity (Wildman–Crippen MR) is 110 cm³/mol. The van der Waals surface area contributed by atoms with E-state index in [1.807, 2.05) is 0 Å². The SMILES string of the molecule is CCOC(=O)C(Cc1cccc(-c2ccc(C(F)(F)F)cc2)n1)P(=O)(OCC)OCC. The highest BCUT2D eigenvalue weighted by molar-refractivity contribution is 7.55. The van der Waals surface area contributed by atoms with Gasteiger partial charge in [0.25, 0.3) is 0 Å². The summed E-state index contributed by atoms with van der Waals surface area (Å²) in [5.74, 6) is -0.727. The molecular weight excluding hydrogens is 434 g/mol. The quantitative estimate of drug-likeness (QED) is 0.345. The highest BCUT2D eigenvalue weighted by Gasteiger charge is 2.42. The Kier molecular flexibility index (Phi) is 8.79. The number of carbonyl (C=O) groups is 1. The zero-order chi connectivity index (χ0) is 23.1. The number of aromatic nitrogens is 1. The predicted octanol–water partition coefficient (Wildman–Crippen LogP) is 5.51.